The van der Waals surface area contributed by atoms with E-state index in [1.54, 1.807) is 19.2 Å². The zero-order valence-corrected chi connectivity index (χ0v) is 13.5. The number of thiazole rings is 1. The average molecular weight is 343 g/mol. The fraction of sp³-hybridized carbons (Fsp3) is 0.0714. The predicted molar refractivity (Wildman–Crippen MR) is 88.1 cm³/mol. The van der Waals surface area contributed by atoms with Gasteiger partial charge in [-0.2, -0.15) is 0 Å². The number of hydrogen-bond acceptors (Lipinski definition) is 7. The van der Waals surface area contributed by atoms with E-state index in [4.69, 9.17) is 0 Å². The van der Waals surface area contributed by atoms with E-state index in [1.165, 1.54) is 11.3 Å². The third-order valence-electron chi connectivity index (χ3n) is 3.37. The van der Waals surface area contributed by atoms with E-state index in [-0.39, 0.29) is 5.69 Å². The Kier molecular flexibility index (Phi) is 3.24. The average Bonchev–Trinajstić information content (AvgIpc) is 3.07. The molecule has 0 unspecified atom stereocenters. The van der Waals surface area contributed by atoms with Crippen LogP contribution in [0.25, 0.3) is 15.2 Å². The van der Waals surface area contributed by atoms with Gasteiger partial charge in [0.1, 0.15) is 0 Å². The maximum Gasteiger partial charge on any atom is 0.304 e. The van der Waals surface area contributed by atoms with Crippen LogP contribution >= 0.6 is 23.1 Å². The minimum absolute atomic E-state index is 0.00813. The second-order valence-corrected chi connectivity index (χ2v) is 6.78. The lowest BCUT2D eigenvalue weighted by Gasteiger charge is -2.02. The van der Waals surface area contributed by atoms with Crippen molar-refractivity contribution in [3.05, 3.63) is 52.2 Å². The summed E-state index contributed by atoms with van der Waals surface area (Å²) in [6, 6.07) is 9.52. The Morgan fingerprint density at radius 2 is 2.09 bits per heavy atom. The molecular formula is C14H9N5O2S2. The molecular weight excluding hydrogens is 334 g/mol. The zero-order valence-electron chi connectivity index (χ0n) is 11.8. The molecule has 0 radical (unpaired) electrons. The normalized spacial score (nSPS) is 11.3. The molecule has 4 aromatic rings. The standard InChI is InChI=1S/C14H9N5O2S2/c1-8-6-7-15-12(11(8)19(20)21)23-14-17-16-13-18(14)9-4-2-3-5-10(9)22-13/h2-7H,1H3. The van der Waals surface area contributed by atoms with E-state index >= 15 is 0 Å². The van der Waals surface area contributed by atoms with Gasteiger partial charge in [-0.15, -0.1) is 10.2 Å². The fourth-order valence-corrected chi connectivity index (χ4v) is 4.33. The molecule has 0 saturated heterocycles. The number of nitro groups is 1. The number of hydrogen-bond donors (Lipinski definition) is 0. The molecule has 0 N–H and O–H groups in total. The van der Waals surface area contributed by atoms with Crippen LogP contribution in [-0.2, 0) is 0 Å². The van der Waals surface area contributed by atoms with E-state index in [1.807, 2.05) is 28.7 Å². The van der Waals surface area contributed by atoms with Crippen LogP contribution in [-0.4, -0.2) is 24.5 Å². The molecule has 7 nitrogen and oxygen atoms in total. The van der Waals surface area contributed by atoms with Gasteiger partial charge >= 0.3 is 5.69 Å². The number of pyridine rings is 1. The summed E-state index contributed by atoms with van der Waals surface area (Å²) in [6.07, 6.45) is 1.56. The van der Waals surface area contributed by atoms with Crippen molar-refractivity contribution in [2.75, 3.05) is 0 Å². The largest absolute Gasteiger partial charge is 0.304 e. The molecule has 0 fully saturated rings. The van der Waals surface area contributed by atoms with Crippen LogP contribution in [0.5, 0.6) is 0 Å². The topological polar surface area (TPSA) is 86.2 Å². The number of rotatable bonds is 3. The number of nitrogens with zero attached hydrogens (tertiary/aromatic N) is 5. The molecule has 0 atom stereocenters. The molecule has 114 valence electrons. The lowest BCUT2D eigenvalue weighted by Crippen LogP contribution is -1.97. The predicted octanol–water partition coefficient (Wildman–Crippen LogP) is 3.71. The minimum Gasteiger partial charge on any atom is -0.260 e. The van der Waals surface area contributed by atoms with Crippen molar-refractivity contribution < 1.29 is 4.92 Å². The van der Waals surface area contributed by atoms with Gasteiger partial charge in [-0.3, -0.25) is 14.5 Å². The van der Waals surface area contributed by atoms with Crippen LogP contribution in [0.1, 0.15) is 5.56 Å². The van der Waals surface area contributed by atoms with Crippen molar-refractivity contribution >= 4 is 44.0 Å². The first-order chi connectivity index (χ1) is 11.1. The van der Waals surface area contributed by atoms with E-state index in [9.17, 15) is 10.1 Å². The second kappa shape index (κ2) is 5.28. The lowest BCUT2D eigenvalue weighted by molar-refractivity contribution is -0.388. The van der Waals surface area contributed by atoms with E-state index in [0.717, 1.165) is 26.9 Å². The number of fused-ring (bicyclic) bond motifs is 3. The molecule has 0 spiro atoms. The van der Waals surface area contributed by atoms with Crippen LogP contribution in [0.4, 0.5) is 5.69 Å². The van der Waals surface area contributed by atoms with Gasteiger partial charge in [-0.25, -0.2) is 4.98 Å². The van der Waals surface area contributed by atoms with Crippen molar-refractivity contribution in [3.63, 3.8) is 0 Å². The summed E-state index contributed by atoms with van der Waals surface area (Å²) in [5, 5.41) is 20.5. The molecule has 0 saturated carbocycles. The van der Waals surface area contributed by atoms with Gasteiger partial charge in [0.05, 0.1) is 15.1 Å². The van der Waals surface area contributed by atoms with Crippen molar-refractivity contribution in [1.29, 1.82) is 0 Å². The Bertz CT molecular complexity index is 1060. The monoisotopic (exact) mass is 343 g/mol. The number of benzene rings is 1. The summed E-state index contributed by atoms with van der Waals surface area (Å²) < 4.78 is 2.99. The van der Waals surface area contributed by atoms with Gasteiger partial charge in [-0.05, 0) is 36.9 Å². The van der Waals surface area contributed by atoms with Crippen molar-refractivity contribution in [2.24, 2.45) is 0 Å². The van der Waals surface area contributed by atoms with Crippen LogP contribution in [0.3, 0.4) is 0 Å². The van der Waals surface area contributed by atoms with Crippen molar-refractivity contribution in [2.45, 2.75) is 17.1 Å². The van der Waals surface area contributed by atoms with Gasteiger partial charge in [0.2, 0.25) is 10.1 Å². The number of aromatic nitrogens is 4. The van der Waals surface area contributed by atoms with E-state index in [0.29, 0.717) is 15.7 Å². The highest BCUT2D eigenvalue weighted by molar-refractivity contribution is 7.99. The van der Waals surface area contributed by atoms with Crippen LogP contribution < -0.4 is 0 Å². The van der Waals surface area contributed by atoms with Crippen LogP contribution in [0, 0.1) is 17.0 Å². The first-order valence-corrected chi connectivity index (χ1v) is 8.29. The highest BCUT2D eigenvalue weighted by atomic mass is 32.2. The Hall–Kier alpha value is -2.52. The lowest BCUT2D eigenvalue weighted by atomic mass is 10.3. The molecule has 9 heteroatoms. The maximum absolute atomic E-state index is 11.3. The summed E-state index contributed by atoms with van der Waals surface area (Å²) in [7, 11) is 0. The Labute approximate surface area is 138 Å². The Morgan fingerprint density at radius 1 is 1.26 bits per heavy atom. The summed E-state index contributed by atoms with van der Waals surface area (Å²) in [6.45, 7) is 1.70. The molecule has 4 rings (SSSR count). The smallest absolute Gasteiger partial charge is 0.260 e. The molecule has 0 bridgehead atoms. The summed E-state index contributed by atoms with van der Waals surface area (Å²) in [4.78, 5) is 15.8. The minimum atomic E-state index is -0.408. The van der Waals surface area contributed by atoms with Gasteiger partial charge in [0.25, 0.3) is 0 Å². The quantitative estimate of drug-likeness (QED) is 0.416. The van der Waals surface area contributed by atoms with Crippen molar-refractivity contribution in [1.82, 2.24) is 19.6 Å². The highest BCUT2D eigenvalue weighted by Gasteiger charge is 2.22. The van der Waals surface area contributed by atoms with E-state index in [2.05, 4.69) is 15.2 Å². The molecule has 0 aliphatic heterocycles. The van der Waals surface area contributed by atoms with Gasteiger partial charge in [0, 0.05) is 11.8 Å². The zero-order chi connectivity index (χ0) is 16.0. The number of aryl methyl sites for hydroxylation is 1. The van der Waals surface area contributed by atoms with Gasteiger partial charge in [-0.1, -0.05) is 23.5 Å². The second-order valence-electron chi connectivity index (χ2n) is 4.81. The Morgan fingerprint density at radius 3 is 2.91 bits per heavy atom. The third kappa shape index (κ3) is 2.25. The molecule has 3 heterocycles. The van der Waals surface area contributed by atoms with Gasteiger partial charge < -0.3 is 0 Å². The van der Waals surface area contributed by atoms with Crippen LogP contribution in [0.15, 0.2) is 46.7 Å². The van der Waals surface area contributed by atoms with Gasteiger partial charge in [0.15, 0.2) is 5.03 Å². The van der Waals surface area contributed by atoms with Crippen LogP contribution in [0.2, 0.25) is 0 Å². The molecule has 0 aliphatic carbocycles. The summed E-state index contributed by atoms with van der Waals surface area (Å²) >= 11 is 2.68. The molecule has 23 heavy (non-hydrogen) atoms. The summed E-state index contributed by atoms with van der Waals surface area (Å²) in [5.74, 6) is 0. The fourth-order valence-electron chi connectivity index (χ4n) is 2.33. The maximum atomic E-state index is 11.3. The molecule has 1 aromatic carbocycles. The number of para-hydroxylation sites is 1. The first-order valence-electron chi connectivity index (χ1n) is 6.65. The SMILES string of the molecule is Cc1ccnc(Sc2nnc3sc4ccccc4n23)c1[N+](=O)[O-]. The Balaban J connectivity index is 1.89. The third-order valence-corrected chi connectivity index (χ3v) is 5.32. The van der Waals surface area contributed by atoms with Crippen molar-refractivity contribution in [3.8, 4) is 0 Å². The summed E-state index contributed by atoms with van der Waals surface area (Å²) in [5.41, 5.74) is 1.56. The molecule has 0 amide bonds. The molecule has 0 aliphatic rings. The van der Waals surface area contributed by atoms with E-state index < -0.39 is 4.92 Å². The highest BCUT2D eigenvalue weighted by Crippen LogP contribution is 2.36. The molecule has 3 aromatic heterocycles. The first kappa shape index (κ1) is 14.1.